The van der Waals surface area contributed by atoms with Crippen molar-refractivity contribution in [3.8, 4) is 0 Å². The summed E-state index contributed by atoms with van der Waals surface area (Å²) in [6, 6.07) is 0.645. The Bertz CT molecular complexity index is 172. The predicted octanol–water partition coefficient (Wildman–Crippen LogP) is 2.66. The third-order valence-electron chi connectivity index (χ3n) is 3.36. The second-order valence-corrected chi connectivity index (χ2v) is 6.01. The molecule has 15 heavy (non-hydrogen) atoms. The fraction of sp³-hybridized carbons (Fsp3) is 1.00. The molecule has 2 nitrogen and oxygen atoms in total. The fourth-order valence-electron chi connectivity index (χ4n) is 2.31. The standard InChI is InChI=1S/C13H27NO/c1-13(2,3)8-10-14-9-5-4-6-12(14)7-11-15/h12,15H,4-11H2,1-3H3. The van der Waals surface area contributed by atoms with E-state index in [1.807, 2.05) is 0 Å². The van der Waals surface area contributed by atoms with E-state index in [9.17, 15) is 0 Å². The fourth-order valence-corrected chi connectivity index (χ4v) is 2.31. The van der Waals surface area contributed by atoms with Gasteiger partial charge in [-0.2, -0.15) is 0 Å². The molecule has 1 aliphatic heterocycles. The van der Waals surface area contributed by atoms with Gasteiger partial charge >= 0.3 is 0 Å². The Kier molecular flexibility index (Phi) is 5.07. The SMILES string of the molecule is CC(C)(C)CCN1CCCCC1CCO. The maximum atomic E-state index is 9.04. The maximum Gasteiger partial charge on any atom is 0.0445 e. The van der Waals surface area contributed by atoms with Crippen molar-refractivity contribution in [2.75, 3.05) is 19.7 Å². The van der Waals surface area contributed by atoms with Crippen LogP contribution in [0.1, 0.15) is 52.9 Å². The summed E-state index contributed by atoms with van der Waals surface area (Å²) in [6.07, 6.45) is 6.19. The van der Waals surface area contributed by atoms with Crippen LogP contribution in [-0.2, 0) is 0 Å². The second kappa shape index (κ2) is 5.86. The molecule has 1 aliphatic rings. The van der Waals surface area contributed by atoms with E-state index in [1.54, 1.807) is 0 Å². The van der Waals surface area contributed by atoms with Gasteiger partial charge < -0.3 is 10.0 Å². The lowest BCUT2D eigenvalue weighted by Crippen LogP contribution is -2.41. The zero-order valence-electron chi connectivity index (χ0n) is 10.6. The lowest BCUT2D eigenvalue weighted by Gasteiger charge is -2.37. The minimum absolute atomic E-state index is 0.344. The van der Waals surface area contributed by atoms with E-state index in [-0.39, 0.29) is 0 Å². The van der Waals surface area contributed by atoms with Gasteiger partial charge in [-0.1, -0.05) is 27.2 Å². The Morgan fingerprint density at radius 2 is 2.00 bits per heavy atom. The molecule has 0 amide bonds. The van der Waals surface area contributed by atoms with E-state index < -0.39 is 0 Å². The third-order valence-corrected chi connectivity index (χ3v) is 3.36. The van der Waals surface area contributed by atoms with E-state index in [4.69, 9.17) is 5.11 Å². The number of rotatable bonds is 4. The molecule has 0 aliphatic carbocycles. The first-order chi connectivity index (χ1) is 7.03. The molecule has 0 aromatic heterocycles. The van der Waals surface area contributed by atoms with E-state index in [2.05, 4.69) is 25.7 Å². The summed E-state index contributed by atoms with van der Waals surface area (Å²) in [5.41, 5.74) is 0.432. The van der Waals surface area contributed by atoms with Crippen molar-refractivity contribution in [2.45, 2.75) is 58.9 Å². The number of likely N-dealkylation sites (tertiary alicyclic amines) is 1. The van der Waals surface area contributed by atoms with Crippen molar-refractivity contribution in [1.29, 1.82) is 0 Å². The molecule has 0 radical (unpaired) electrons. The smallest absolute Gasteiger partial charge is 0.0445 e. The van der Waals surface area contributed by atoms with Crippen molar-refractivity contribution in [3.63, 3.8) is 0 Å². The summed E-state index contributed by atoms with van der Waals surface area (Å²) in [5, 5.41) is 9.04. The lowest BCUT2D eigenvalue weighted by molar-refractivity contribution is 0.106. The first kappa shape index (κ1) is 13.0. The zero-order valence-corrected chi connectivity index (χ0v) is 10.6. The largest absolute Gasteiger partial charge is 0.396 e. The third kappa shape index (κ3) is 4.98. The Labute approximate surface area is 94.7 Å². The molecule has 1 unspecified atom stereocenters. The van der Waals surface area contributed by atoms with Gasteiger partial charge in [-0.05, 0) is 44.2 Å². The molecule has 0 aromatic rings. The molecule has 0 saturated carbocycles. The highest BCUT2D eigenvalue weighted by Gasteiger charge is 2.23. The lowest BCUT2D eigenvalue weighted by atomic mass is 9.90. The van der Waals surface area contributed by atoms with E-state index in [1.165, 1.54) is 38.8 Å². The van der Waals surface area contributed by atoms with Crippen LogP contribution < -0.4 is 0 Å². The van der Waals surface area contributed by atoms with Crippen LogP contribution in [0.15, 0.2) is 0 Å². The molecule has 1 heterocycles. The second-order valence-electron chi connectivity index (χ2n) is 6.01. The quantitative estimate of drug-likeness (QED) is 0.776. The highest BCUT2D eigenvalue weighted by molar-refractivity contribution is 4.78. The van der Waals surface area contributed by atoms with Gasteiger partial charge in [-0.15, -0.1) is 0 Å². The zero-order chi connectivity index (χ0) is 11.3. The maximum absolute atomic E-state index is 9.04. The number of hydrogen-bond donors (Lipinski definition) is 1. The van der Waals surface area contributed by atoms with E-state index in [0.717, 1.165) is 6.42 Å². The molecule has 1 rings (SSSR count). The summed E-state index contributed by atoms with van der Waals surface area (Å²) in [5.74, 6) is 0. The van der Waals surface area contributed by atoms with Gasteiger partial charge in [-0.3, -0.25) is 0 Å². The summed E-state index contributed by atoms with van der Waals surface area (Å²) in [4.78, 5) is 2.59. The Morgan fingerprint density at radius 1 is 1.27 bits per heavy atom. The summed E-state index contributed by atoms with van der Waals surface area (Å²) in [6.45, 7) is 9.69. The van der Waals surface area contributed by atoms with Crippen molar-refractivity contribution < 1.29 is 5.11 Å². The van der Waals surface area contributed by atoms with Crippen molar-refractivity contribution in [1.82, 2.24) is 4.90 Å². The Morgan fingerprint density at radius 3 is 2.60 bits per heavy atom. The van der Waals surface area contributed by atoms with Crippen LogP contribution in [0.25, 0.3) is 0 Å². The van der Waals surface area contributed by atoms with Gasteiger partial charge in [0.15, 0.2) is 0 Å². The van der Waals surface area contributed by atoms with Crippen LogP contribution in [0.4, 0.5) is 0 Å². The minimum atomic E-state index is 0.344. The summed E-state index contributed by atoms with van der Waals surface area (Å²) < 4.78 is 0. The van der Waals surface area contributed by atoms with Crippen molar-refractivity contribution in [2.24, 2.45) is 5.41 Å². The van der Waals surface area contributed by atoms with Crippen molar-refractivity contribution >= 4 is 0 Å². The highest BCUT2D eigenvalue weighted by atomic mass is 16.3. The van der Waals surface area contributed by atoms with Gasteiger partial charge in [0.2, 0.25) is 0 Å². The number of hydrogen-bond acceptors (Lipinski definition) is 2. The molecule has 1 fully saturated rings. The van der Waals surface area contributed by atoms with E-state index in [0.29, 0.717) is 18.1 Å². The van der Waals surface area contributed by atoms with Crippen LogP contribution in [0, 0.1) is 5.41 Å². The molecular formula is C13H27NO. The van der Waals surface area contributed by atoms with Crippen LogP contribution in [0.5, 0.6) is 0 Å². The molecule has 1 atom stereocenters. The highest BCUT2D eigenvalue weighted by Crippen LogP contribution is 2.24. The first-order valence-corrected chi connectivity index (χ1v) is 6.38. The van der Waals surface area contributed by atoms with Crippen LogP contribution >= 0.6 is 0 Å². The molecule has 0 spiro atoms. The molecule has 1 N–H and O–H groups in total. The monoisotopic (exact) mass is 213 g/mol. The summed E-state index contributed by atoms with van der Waals surface area (Å²) >= 11 is 0. The van der Waals surface area contributed by atoms with Gasteiger partial charge in [0.1, 0.15) is 0 Å². The number of nitrogens with zero attached hydrogens (tertiary/aromatic N) is 1. The summed E-state index contributed by atoms with van der Waals surface area (Å²) in [7, 11) is 0. The molecule has 2 heteroatoms. The predicted molar refractivity (Wildman–Crippen MR) is 65.0 cm³/mol. The van der Waals surface area contributed by atoms with Crippen LogP contribution in [0.2, 0.25) is 0 Å². The first-order valence-electron chi connectivity index (χ1n) is 6.38. The van der Waals surface area contributed by atoms with Gasteiger partial charge in [-0.25, -0.2) is 0 Å². The number of piperidine rings is 1. The van der Waals surface area contributed by atoms with Crippen LogP contribution in [-0.4, -0.2) is 35.7 Å². The number of aliphatic hydroxyl groups excluding tert-OH is 1. The van der Waals surface area contributed by atoms with Gasteiger partial charge in [0, 0.05) is 12.6 Å². The average Bonchev–Trinajstić information content (AvgIpc) is 2.16. The molecule has 90 valence electrons. The Hall–Kier alpha value is -0.0800. The van der Waals surface area contributed by atoms with Gasteiger partial charge in [0.25, 0.3) is 0 Å². The normalized spacial score (nSPS) is 24.4. The van der Waals surface area contributed by atoms with Crippen LogP contribution in [0.3, 0.4) is 0 Å². The topological polar surface area (TPSA) is 23.5 Å². The molecule has 1 saturated heterocycles. The molecular weight excluding hydrogens is 186 g/mol. The Balaban J connectivity index is 2.35. The molecule has 0 bridgehead atoms. The van der Waals surface area contributed by atoms with Crippen molar-refractivity contribution in [3.05, 3.63) is 0 Å². The van der Waals surface area contributed by atoms with Gasteiger partial charge in [0.05, 0.1) is 0 Å². The van der Waals surface area contributed by atoms with E-state index >= 15 is 0 Å². The molecule has 0 aromatic carbocycles. The number of aliphatic hydroxyl groups is 1. The average molecular weight is 213 g/mol. The minimum Gasteiger partial charge on any atom is -0.396 e.